The molecule has 1 nitrogen and oxygen atoms in total. The molecular formula is C9H15N. The molecule has 0 fully saturated rings. The number of allylic oxidation sites excluding steroid dienone is 2. The molecule has 1 atom stereocenters. The maximum absolute atomic E-state index is 4.36. The molecule has 1 aliphatic rings. The average molecular weight is 137 g/mol. The van der Waals surface area contributed by atoms with Crippen molar-refractivity contribution in [2.75, 3.05) is 6.54 Å². The Morgan fingerprint density at radius 2 is 2.50 bits per heavy atom. The summed E-state index contributed by atoms with van der Waals surface area (Å²) < 4.78 is 0. The van der Waals surface area contributed by atoms with Crippen LogP contribution < -0.4 is 0 Å². The van der Waals surface area contributed by atoms with Crippen LogP contribution in [0.5, 0.6) is 0 Å². The normalized spacial score (nSPS) is 29.4. The maximum atomic E-state index is 4.36. The molecule has 1 heteroatoms. The summed E-state index contributed by atoms with van der Waals surface area (Å²) in [6, 6.07) is 0. The van der Waals surface area contributed by atoms with Gasteiger partial charge in [0.1, 0.15) is 0 Å². The first kappa shape index (κ1) is 7.52. The van der Waals surface area contributed by atoms with Crippen LogP contribution in [0.3, 0.4) is 0 Å². The van der Waals surface area contributed by atoms with Gasteiger partial charge in [0.05, 0.1) is 0 Å². The van der Waals surface area contributed by atoms with E-state index >= 15 is 0 Å². The van der Waals surface area contributed by atoms with Gasteiger partial charge in [-0.2, -0.15) is 0 Å². The van der Waals surface area contributed by atoms with E-state index in [2.05, 4.69) is 31.0 Å². The molecule has 0 spiro atoms. The topological polar surface area (TPSA) is 12.4 Å². The van der Waals surface area contributed by atoms with Crippen LogP contribution in [-0.2, 0) is 0 Å². The van der Waals surface area contributed by atoms with Gasteiger partial charge in [0.15, 0.2) is 0 Å². The molecular weight excluding hydrogens is 122 g/mol. The molecule has 1 unspecified atom stereocenters. The van der Waals surface area contributed by atoms with Crippen LogP contribution >= 0.6 is 0 Å². The Bertz CT molecular complexity index is 156. The number of hydrogen-bond donors (Lipinski definition) is 0. The molecule has 0 N–H and O–H groups in total. The maximum Gasteiger partial charge on any atom is 0.0364 e. The van der Waals surface area contributed by atoms with Gasteiger partial charge in [0, 0.05) is 12.3 Å². The number of hydrogen-bond acceptors (Lipinski definition) is 1. The SMILES string of the molecule is CCN=C1C=CCC(C)C1. The van der Waals surface area contributed by atoms with Crippen molar-refractivity contribution in [2.24, 2.45) is 10.9 Å². The zero-order chi connectivity index (χ0) is 7.40. The van der Waals surface area contributed by atoms with Crippen molar-refractivity contribution in [1.29, 1.82) is 0 Å². The van der Waals surface area contributed by atoms with Gasteiger partial charge >= 0.3 is 0 Å². The van der Waals surface area contributed by atoms with E-state index in [0.29, 0.717) is 0 Å². The highest BCUT2D eigenvalue weighted by atomic mass is 14.7. The Kier molecular flexibility index (Phi) is 2.67. The molecule has 0 bridgehead atoms. The summed E-state index contributed by atoms with van der Waals surface area (Å²) in [4.78, 5) is 4.36. The largest absolute Gasteiger partial charge is 0.290 e. The second-order valence-corrected chi connectivity index (χ2v) is 2.91. The van der Waals surface area contributed by atoms with Crippen molar-refractivity contribution in [1.82, 2.24) is 0 Å². The molecule has 0 aromatic heterocycles. The van der Waals surface area contributed by atoms with Gasteiger partial charge < -0.3 is 0 Å². The van der Waals surface area contributed by atoms with Crippen LogP contribution in [0.4, 0.5) is 0 Å². The summed E-state index contributed by atoms with van der Waals surface area (Å²) in [5, 5.41) is 0. The zero-order valence-electron chi connectivity index (χ0n) is 6.80. The molecule has 0 aromatic rings. The van der Waals surface area contributed by atoms with Gasteiger partial charge in [-0.25, -0.2) is 0 Å². The third kappa shape index (κ3) is 1.98. The first-order chi connectivity index (χ1) is 4.83. The molecule has 56 valence electrons. The molecule has 1 aliphatic carbocycles. The van der Waals surface area contributed by atoms with Crippen molar-refractivity contribution in [3.8, 4) is 0 Å². The molecule has 0 saturated carbocycles. The van der Waals surface area contributed by atoms with E-state index in [1.54, 1.807) is 0 Å². The van der Waals surface area contributed by atoms with E-state index in [1.165, 1.54) is 18.6 Å². The molecule has 0 radical (unpaired) electrons. The van der Waals surface area contributed by atoms with Crippen LogP contribution in [-0.4, -0.2) is 12.3 Å². The van der Waals surface area contributed by atoms with Crippen molar-refractivity contribution in [3.63, 3.8) is 0 Å². The Morgan fingerprint density at radius 1 is 1.70 bits per heavy atom. The lowest BCUT2D eigenvalue weighted by Gasteiger charge is -2.13. The monoisotopic (exact) mass is 137 g/mol. The van der Waals surface area contributed by atoms with Crippen molar-refractivity contribution < 1.29 is 0 Å². The van der Waals surface area contributed by atoms with E-state index in [1.807, 2.05) is 0 Å². The van der Waals surface area contributed by atoms with Gasteiger partial charge in [-0.3, -0.25) is 4.99 Å². The Labute approximate surface area is 62.9 Å². The summed E-state index contributed by atoms with van der Waals surface area (Å²) in [7, 11) is 0. The first-order valence-corrected chi connectivity index (χ1v) is 4.02. The summed E-state index contributed by atoms with van der Waals surface area (Å²) in [5.41, 5.74) is 1.28. The van der Waals surface area contributed by atoms with Crippen molar-refractivity contribution in [3.05, 3.63) is 12.2 Å². The van der Waals surface area contributed by atoms with Crippen molar-refractivity contribution in [2.45, 2.75) is 26.7 Å². The Hall–Kier alpha value is -0.590. The van der Waals surface area contributed by atoms with E-state index in [-0.39, 0.29) is 0 Å². The van der Waals surface area contributed by atoms with Gasteiger partial charge in [0.25, 0.3) is 0 Å². The van der Waals surface area contributed by atoms with E-state index < -0.39 is 0 Å². The van der Waals surface area contributed by atoms with Gasteiger partial charge in [0.2, 0.25) is 0 Å². The van der Waals surface area contributed by atoms with Crippen LogP contribution in [0, 0.1) is 5.92 Å². The fraction of sp³-hybridized carbons (Fsp3) is 0.667. The van der Waals surface area contributed by atoms with Crippen molar-refractivity contribution >= 4 is 5.71 Å². The minimum absolute atomic E-state index is 0.801. The summed E-state index contributed by atoms with van der Waals surface area (Å²) in [6.45, 7) is 5.28. The number of aliphatic imine (C=N–C) groups is 1. The van der Waals surface area contributed by atoms with E-state index in [4.69, 9.17) is 0 Å². The quantitative estimate of drug-likeness (QED) is 0.526. The van der Waals surface area contributed by atoms with Gasteiger partial charge in [-0.1, -0.05) is 13.0 Å². The summed E-state index contributed by atoms with van der Waals surface area (Å²) in [5.74, 6) is 0.801. The van der Waals surface area contributed by atoms with E-state index in [9.17, 15) is 0 Å². The predicted octanol–water partition coefficient (Wildman–Crippen LogP) is 2.43. The average Bonchev–Trinajstić information content (AvgIpc) is 1.88. The fourth-order valence-corrected chi connectivity index (χ4v) is 1.27. The summed E-state index contributed by atoms with van der Waals surface area (Å²) >= 11 is 0. The van der Waals surface area contributed by atoms with E-state index in [0.717, 1.165) is 12.5 Å². The van der Waals surface area contributed by atoms with Gasteiger partial charge in [-0.05, 0) is 31.8 Å². The second kappa shape index (κ2) is 3.55. The Morgan fingerprint density at radius 3 is 3.10 bits per heavy atom. The third-order valence-corrected chi connectivity index (χ3v) is 1.77. The molecule has 0 amide bonds. The Balaban J connectivity index is 2.55. The lowest BCUT2D eigenvalue weighted by Crippen LogP contribution is -2.07. The molecule has 1 rings (SSSR count). The highest BCUT2D eigenvalue weighted by molar-refractivity contribution is 5.95. The van der Waals surface area contributed by atoms with Crippen LogP contribution in [0.25, 0.3) is 0 Å². The van der Waals surface area contributed by atoms with Crippen LogP contribution in [0.15, 0.2) is 17.1 Å². The number of nitrogens with zero attached hydrogens (tertiary/aromatic N) is 1. The number of rotatable bonds is 1. The molecule has 0 aliphatic heterocycles. The summed E-state index contributed by atoms with van der Waals surface area (Å²) in [6.07, 6.45) is 6.78. The molecule has 0 saturated heterocycles. The standard InChI is InChI=1S/C9H15N/c1-3-10-9-6-4-5-8(2)7-9/h4,6,8H,3,5,7H2,1-2H3. The first-order valence-electron chi connectivity index (χ1n) is 4.02. The molecule has 10 heavy (non-hydrogen) atoms. The second-order valence-electron chi connectivity index (χ2n) is 2.91. The zero-order valence-corrected chi connectivity index (χ0v) is 6.80. The smallest absolute Gasteiger partial charge is 0.0364 e. The minimum Gasteiger partial charge on any atom is -0.290 e. The lowest BCUT2D eigenvalue weighted by atomic mass is 9.95. The minimum atomic E-state index is 0.801. The van der Waals surface area contributed by atoms with Gasteiger partial charge in [-0.15, -0.1) is 0 Å². The lowest BCUT2D eigenvalue weighted by molar-refractivity contribution is 0.611. The molecule has 0 heterocycles. The predicted molar refractivity (Wildman–Crippen MR) is 45.5 cm³/mol. The van der Waals surface area contributed by atoms with Crippen LogP contribution in [0.2, 0.25) is 0 Å². The van der Waals surface area contributed by atoms with Crippen LogP contribution in [0.1, 0.15) is 26.7 Å². The highest BCUT2D eigenvalue weighted by Crippen LogP contribution is 2.15. The fourth-order valence-electron chi connectivity index (χ4n) is 1.27. The highest BCUT2D eigenvalue weighted by Gasteiger charge is 2.07. The third-order valence-electron chi connectivity index (χ3n) is 1.77. The molecule has 0 aromatic carbocycles.